The minimum atomic E-state index is -0.310. The van der Waals surface area contributed by atoms with Crippen molar-refractivity contribution in [2.45, 2.75) is 31.7 Å². The summed E-state index contributed by atoms with van der Waals surface area (Å²) in [6.07, 6.45) is 2.79. The summed E-state index contributed by atoms with van der Waals surface area (Å²) in [5, 5.41) is 11.8. The second-order valence-corrected chi connectivity index (χ2v) is 5.89. The highest BCUT2D eigenvalue weighted by Crippen LogP contribution is 2.11. The lowest BCUT2D eigenvalue weighted by Gasteiger charge is -2.31. The van der Waals surface area contributed by atoms with E-state index in [2.05, 4.69) is 11.4 Å². The van der Waals surface area contributed by atoms with Gasteiger partial charge >= 0.3 is 0 Å². The summed E-state index contributed by atoms with van der Waals surface area (Å²) in [5.41, 5.74) is 6.86. The number of carbonyl (C=O) groups is 2. The molecule has 0 bridgehead atoms. The smallest absolute Gasteiger partial charge is 0.231 e. The van der Waals surface area contributed by atoms with Gasteiger partial charge in [0.05, 0.1) is 18.2 Å². The van der Waals surface area contributed by atoms with E-state index in [0.717, 1.165) is 31.5 Å². The molecule has 1 heterocycles. The summed E-state index contributed by atoms with van der Waals surface area (Å²) in [6.45, 7) is 1.85. The molecule has 1 aliphatic heterocycles. The number of amides is 2. The zero-order chi connectivity index (χ0) is 16.7. The Kier molecular flexibility index (Phi) is 6.12. The Balaban J connectivity index is 1.69. The van der Waals surface area contributed by atoms with Gasteiger partial charge in [-0.2, -0.15) is 5.26 Å². The molecule has 2 rings (SSSR count). The third-order valence-corrected chi connectivity index (χ3v) is 4.06. The lowest BCUT2D eigenvalue weighted by molar-refractivity contribution is -0.123. The van der Waals surface area contributed by atoms with Gasteiger partial charge in [0.1, 0.15) is 0 Å². The topological polar surface area (TPSA) is 99.2 Å². The molecule has 3 N–H and O–H groups in total. The van der Waals surface area contributed by atoms with Crippen molar-refractivity contribution < 1.29 is 9.59 Å². The molecular formula is C17H22N4O2. The number of likely N-dealkylation sites (tertiary alicyclic amines) is 1. The van der Waals surface area contributed by atoms with Gasteiger partial charge in [-0.3, -0.25) is 14.5 Å². The van der Waals surface area contributed by atoms with Crippen LogP contribution in [0.25, 0.3) is 0 Å². The quantitative estimate of drug-likeness (QED) is 0.801. The maximum absolute atomic E-state index is 12.0. The summed E-state index contributed by atoms with van der Waals surface area (Å²) in [5.74, 6) is -0.266. The largest absolute Gasteiger partial charge is 0.369 e. The monoisotopic (exact) mass is 314 g/mol. The molecule has 0 atom stereocenters. The summed E-state index contributed by atoms with van der Waals surface area (Å²) < 4.78 is 0. The molecule has 23 heavy (non-hydrogen) atoms. The van der Waals surface area contributed by atoms with Crippen molar-refractivity contribution in [3.63, 3.8) is 0 Å². The summed E-state index contributed by atoms with van der Waals surface area (Å²) in [7, 11) is 0. The van der Waals surface area contributed by atoms with E-state index in [1.54, 1.807) is 12.1 Å². The molecule has 1 aliphatic rings. The fraction of sp³-hybridized carbons (Fsp3) is 0.471. The molecule has 0 spiro atoms. The van der Waals surface area contributed by atoms with Crippen LogP contribution in [-0.2, 0) is 16.0 Å². The number of piperidine rings is 1. The molecule has 122 valence electrons. The van der Waals surface area contributed by atoms with Gasteiger partial charge in [-0.05, 0) is 37.0 Å². The first-order valence-corrected chi connectivity index (χ1v) is 7.86. The standard InChI is InChI=1S/C17H22N4O2/c18-11-14-3-1-13(2-4-14)5-6-17(23)20-15-7-9-21(10-8-15)12-16(19)22/h1-4,15H,5-10,12H2,(H2,19,22)(H,20,23). The Labute approximate surface area is 136 Å². The van der Waals surface area contributed by atoms with E-state index in [1.807, 2.05) is 17.0 Å². The lowest BCUT2D eigenvalue weighted by atomic mass is 10.0. The second-order valence-electron chi connectivity index (χ2n) is 5.89. The van der Waals surface area contributed by atoms with Crippen molar-refractivity contribution >= 4 is 11.8 Å². The third-order valence-electron chi connectivity index (χ3n) is 4.06. The van der Waals surface area contributed by atoms with E-state index in [1.165, 1.54) is 0 Å². The number of benzene rings is 1. The van der Waals surface area contributed by atoms with Crippen LogP contribution in [0.4, 0.5) is 0 Å². The van der Waals surface area contributed by atoms with Crippen molar-refractivity contribution in [2.24, 2.45) is 5.73 Å². The van der Waals surface area contributed by atoms with Crippen LogP contribution >= 0.6 is 0 Å². The Morgan fingerprint density at radius 1 is 1.26 bits per heavy atom. The molecule has 6 heteroatoms. The number of nitrogens with one attached hydrogen (secondary N) is 1. The first-order valence-electron chi connectivity index (χ1n) is 7.86. The summed E-state index contributed by atoms with van der Waals surface area (Å²) in [6, 6.07) is 9.55. The molecule has 0 aliphatic carbocycles. The van der Waals surface area contributed by atoms with Gasteiger partial charge in [0.25, 0.3) is 0 Å². The molecule has 1 saturated heterocycles. The van der Waals surface area contributed by atoms with Crippen LogP contribution in [-0.4, -0.2) is 42.4 Å². The summed E-state index contributed by atoms with van der Waals surface area (Å²) in [4.78, 5) is 24.9. The Bertz CT molecular complexity index is 584. The molecule has 1 aromatic carbocycles. The molecular weight excluding hydrogens is 292 g/mol. The molecule has 6 nitrogen and oxygen atoms in total. The Morgan fingerprint density at radius 2 is 1.91 bits per heavy atom. The van der Waals surface area contributed by atoms with E-state index in [-0.39, 0.29) is 17.9 Å². The highest BCUT2D eigenvalue weighted by molar-refractivity contribution is 5.76. The number of primary amides is 1. The predicted octanol–water partition coefficient (Wildman–Crippen LogP) is 0.557. The average Bonchev–Trinajstić information content (AvgIpc) is 2.55. The van der Waals surface area contributed by atoms with Crippen LogP contribution in [0.1, 0.15) is 30.4 Å². The normalized spacial score (nSPS) is 15.8. The van der Waals surface area contributed by atoms with Crippen molar-refractivity contribution in [1.29, 1.82) is 5.26 Å². The van der Waals surface area contributed by atoms with Crippen LogP contribution in [0.5, 0.6) is 0 Å². The van der Waals surface area contributed by atoms with Crippen molar-refractivity contribution in [1.82, 2.24) is 10.2 Å². The highest BCUT2D eigenvalue weighted by Gasteiger charge is 2.21. The first kappa shape index (κ1) is 17.0. The summed E-state index contributed by atoms with van der Waals surface area (Å²) >= 11 is 0. The number of nitriles is 1. The minimum Gasteiger partial charge on any atom is -0.369 e. The number of nitrogens with two attached hydrogens (primary N) is 1. The highest BCUT2D eigenvalue weighted by atomic mass is 16.2. The predicted molar refractivity (Wildman–Crippen MR) is 86.3 cm³/mol. The fourth-order valence-corrected chi connectivity index (χ4v) is 2.76. The molecule has 0 aromatic heterocycles. The van der Waals surface area contributed by atoms with Crippen LogP contribution in [0.2, 0.25) is 0 Å². The van der Waals surface area contributed by atoms with E-state index in [9.17, 15) is 9.59 Å². The van der Waals surface area contributed by atoms with Gasteiger partial charge in [-0.25, -0.2) is 0 Å². The van der Waals surface area contributed by atoms with Gasteiger partial charge in [-0.1, -0.05) is 12.1 Å². The lowest BCUT2D eigenvalue weighted by Crippen LogP contribution is -2.46. The average molecular weight is 314 g/mol. The SMILES string of the molecule is N#Cc1ccc(CCC(=O)NC2CCN(CC(N)=O)CC2)cc1. The van der Waals surface area contributed by atoms with Crippen LogP contribution in [0, 0.1) is 11.3 Å². The maximum Gasteiger partial charge on any atom is 0.231 e. The van der Waals surface area contributed by atoms with Crippen molar-refractivity contribution in [3.8, 4) is 6.07 Å². The second kappa shape index (κ2) is 8.30. The molecule has 1 aromatic rings. The maximum atomic E-state index is 12.0. The number of nitrogens with zero attached hydrogens (tertiary/aromatic N) is 2. The van der Waals surface area contributed by atoms with E-state index in [4.69, 9.17) is 11.0 Å². The molecule has 0 saturated carbocycles. The molecule has 2 amide bonds. The van der Waals surface area contributed by atoms with Gasteiger partial charge < -0.3 is 11.1 Å². The first-order chi connectivity index (χ1) is 11.1. The van der Waals surface area contributed by atoms with Crippen LogP contribution in [0.15, 0.2) is 24.3 Å². The Morgan fingerprint density at radius 3 is 2.48 bits per heavy atom. The minimum absolute atomic E-state index is 0.0442. The third kappa shape index (κ3) is 5.72. The number of aryl methyl sites for hydroxylation is 1. The number of hydrogen-bond acceptors (Lipinski definition) is 4. The van der Waals surface area contributed by atoms with Gasteiger partial charge in [0, 0.05) is 25.6 Å². The van der Waals surface area contributed by atoms with Crippen LogP contribution in [0.3, 0.4) is 0 Å². The number of rotatable bonds is 6. The molecule has 0 radical (unpaired) electrons. The van der Waals surface area contributed by atoms with E-state index < -0.39 is 0 Å². The zero-order valence-corrected chi connectivity index (χ0v) is 13.1. The molecule has 1 fully saturated rings. The van der Waals surface area contributed by atoms with Crippen molar-refractivity contribution in [3.05, 3.63) is 35.4 Å². The Hall–Kier alpha value is -2.39. The fourth-order valence-electron chi connectivity index (χ4n) is 2.76. The number of hydrogen-bond donors (Lipinski definition) is 2. The van der Waals surface area contributed by atoms with Gasteiger partial charge in [-0.15, -0.1) is 0 Å². The van der Waals surface area contributed by atoms with Crippen molar-refractivity contribution in [2.75, 3.05) is 19.6 Å². The van der Waals surface area contributed by atoms with Crippen LogP contribution < -0.4 is 11.1 Å². The van der Waals surface area contributed by atoms with Gasteiger partial charge in [0.2, 0.25) is 11.8 Å². The van der Waals surface area contributed by atoms with E-state index in [0.29, 0.717) is 24.9 Å². The molecule has 0 unspecified atom stereocenters. The number of carbonyl (C=O) groups excluding carboxylic acids is 2. The zero-order valence-electron chi connectivity index (χ0n) is 13.1. The van der Waals surface area contributed by atoms with E-state index >= 15 is 0 Å². The van der Waals surface area contributed by atoms with Gasteiger partial charge in [0.15, 0.2) is 0 Å².